The minimum Gasteiger partial charge on any atom is -0.207 e. The van der Waals surface area contributed by atoms with Crippen LogP contribution in [0.2, 0.25) is 0 Å². The molecule has 0 heterocycles. The van der Waals surface area contributed by atoms with Crippen LogP contribution in [0.3, 0.4) is 0 Å². The molecular weight excluding hydrogens is 398 g/mol. The fourth-order valence-electron chi connectivity index (χ4n) is 3.03. The molecule has 0 aliphatic carbocycles. The van der Waals surface area contributed by atoms with E-state index in [-0.39, 0.29) is 11.5 Å². The maximum atomic E-state index is 13.3. The molecule has 0 aliphatic heterocycles. The van der Waals surface area contributed by atoms with Gasteiger partial charge < -0.3 is 0 Å². The molecule has 2 heteroatoms. The lowest BCUT2D eigenvalue weighted by Crippen LogP contribution is -1.97. The summed E-state index contributed by atoms with van der Waals surface area (Å²) in [5.74, 6) is 0.521. The van der Waals surface area contributed by atoms with Gasteiger partial charge in [-0.1, -0.05) is 107 Å². The molecular formula is C30H40F2. The fraction of sp³-hybridized carbons (Fsp3) is 0.400. The van der Waals surface area contributed by atoms with E-state index in [4.69, 9.17) is 0 Å². The number of benzene rings is 3. The van der Waals surface area contributed by atoms with Crippen LogP contribution in [0, 0.1) is 32.4 Å². The Hall–Kier alpha value is -2.48. The van der Waals surface area contributed by atoms with Gasteiger partial charge in [0.2, 0.25) is 0 Å². The molecule has 0 saturated heterocycles. The molecule has 0 N–H and O–H groups in total. The van der Waals surface area contributed by atoms with Gasteiger partial charge in [0.05, 0.1) is 0 Å². The second kappa shape index (κ2) is 13.2. The van der Waals surface area contributed by atoms with Gasteiger partial charge in [0.15, 0.2) is 0 Å². The van der Waals surface area contributed by atoms with Gasteiger partial charge in [-0.2, -0.15) is 0 Å². The molecule has 0 radical (unpaired) electrons. The van der Waals surface area contributed by atoms with Gasteiger partial charge in [-0.3, -0.25) is 0 Å². The summed E-state index contributed by atoms with van der Waals surface area (Å²) in [4.78, 5) is 0. The monoisotopic (exact) mass is 438 g/mol. The van der Waals surface area contributed by atoms with E-state index < -0.39 is 11.6 Å². The topological polar surface area (TPSA) is 0 Å². The van der Waals surface area contributed by atoms with Crippen LogP contribution in [0.5, 0.6) is 0 Å². The van der Waals surface area contributed by atoms with Gasteiger partial charge in [-0.05, 0) is 61.3 Å². The Labute approximate surface area is 194 Å². The van der Waals surface area contributed by atoms with Crippen LogP contribution >= 0.6 is 0 Å². The van der Waals surface area contributed by atoms with Gasteiger partial charge in [0.1, 0.15) is 11.6 Å². The second-order valence-corrected chi connectivity index (χ2v) is 9.36. The van der Waals surface area contributed by atoms with Crippen LogP contribution in [0.25, 0.3) is 0 Å². The number of hydrogen-bond donors (Lipinski definition) is 0. The third-order valence-electron chi connectivity index (χ3n) is 5.46. The lowest BCUT2D eigenvalue weighted by Gasteiger charge is -2.08. The minimum atomic E-state index is -0.475. The van der Waals surface area contributed by atoms with Crippen molar-refractivity contribution in [2.45, 2.75) is 80.1 Å². The smallest absolute Gasteiger partial charge is 0.132 e. The summed E-state index contributed by atoms with van der Waals surface area (Å²) in [5.41, 5.74) is 6.21. The van der Waals surface area contributed by atoms with Crippen LogP contribution in [0.15, 0.2) is 60.7 Å². The summed E-state index contributed by atoms with van der Waals surface area (Å²) in [7, 11) is 0. The Morgan fingerprint density at radius 1 is 0.500 bits per heavy atom. The molecule has 0 aromatic heterocycles. The maximum absolute atomic E-state index is 13.3. The second-order valence-electron chi connectivity index (χ2n) is 9.36. The molecule has 174 valence electrons. The molecule has 0 nitrogen and oxygen atoms in total. The largest absolute Gasteiger partial charge is 0.207 e. The molecule has 3 rings (SSSR count). The zero-order valence-electron chi connectivity index (χ0n) is 21.3. The van der Waals surface area contributed by atoms with Gasteiger partial charge in [0.25, 0.3) is 0 Å². The SMILES string of the molecule is Cc1c(F)ccc(C(C)C)c1F.Cc1ccc(C(C)C)cc1.Cc1ccc(C(C)C)cc1. The van der Waals surface area contributed by atoms with Crippen molar-refractivity contribution in [3.8, 4) is 0 Å². The van der Waals surface area contributed by atoms with Gasteiger partial charge in [-0.25, -0.2) is 8.78 Å². The third-order valence-corrected chi connectivity index (χ3v) is 5.46. The summed E-state index contributed by atoms with van der Waals surface area (Å²) in [5, 5.41) is 0. The highest BCUT2D eigenvalue weighted by molar-refractivity contribution is 5.28. The zero-order valence-corrected chi connectivity index (χ0v) is 21.3. The van der Waals surface area contributed by atoms with Crippen LogP contribution < -0.4 is 0 Å². The van der Waals surface area contributed by atoms with Crippen LogP contribution in [0.1, 0.15) is 92.7 Å². The van der Waals surface area contributed by atoms with E-state index in [9.17, 15) is 8.78 Å². The van der Waals surface area contributed by atoms with Crippen LogP contribution in [0.4, 0.5) is 8.78 Å². The molecule has 3 aromatic rings. The van der Waals surface area contributed by atoms with Gasteiger partial charge >= 0.3 is 0 Å². The first-order valence-corrected chi connectivity index (χ1v) is 11.5. The average Bonchev–Trinajstić information content (AvgIpc) is 2.73. The number of halogens is 2. The summed E-state index contributed by atoms with van der Waals surface area (Å²) < 4.78 is 26.1. The van der Waals surface area contributed by atoms with E-state index in [2.05, 4.69) is 90.1 Å². The highest BCUT2D eigenvalue weighted by Crippen LogP contribution is 2.22. The maximum Gasteiger partial charge on any atom is 0.132 e. The number of rotatable bonds is 3. The highest BCUT2D eigenvalue weighted by atomic mass is 19.1. The quantitative estimate of drug-likeness (QED) is 0.382. The number of aryl methyl sites for hydroxylation is 2. The summed E-state index contributed by atoms with van der Waals surface area (Å²) in [6, 6.07) is 20.2. The zero-order chi connectivity index (χ0) is 24.4. The average molecular weight is 439 g/mol. The van der Waals surface area contributed by atoms with Crippen molar-refractivity contribution < 1.29 is 8.78 Å². The number of hydrogen-bond acceptors (Lipinski definition) is 0. The normalized spacial score (nSPS) is 10.6. The lowest BCUT2D eigenvalue weighted by molar-refractivity contribution is 0.551. The first kappa shape index (κ1) is 27.6. The first-order valence-electron chi connectivity index (χ1n) is 11.5. The predicted octanol–water partition coefficient (Wildman–Crippen LogP) is 9.63. The van der Waals surface area contributed by atoms with Crippen molar-refractivity contribution in [3.05, 3.63) is 106 Å². The lowest BCUT2D eigenvalue weighted by atomic mass is 10.00. The van der Waals surface area contributed by atoms with Crippen molar-refractivity contribution in [2.24, 2.45) is 0 Å². The predicted molar refractivity (Wildman–Crippen MR) is 136 cm³/mol. The Morgan fingerprint density at radius 2 is 0.875 bits per heavy atom. The Morgan fingerprint density at radius 3 is 1.19 bits per heavy atom. The molecule has 3 aromatic carbocycles. The Bertz CT molecular complexity index is 884. The molecule has 0 bridgehead atoms. The molecule has 32 heavy (non-hydrogen) atoms. The van der Waals surface area contributed by atoms with E-state index in [0.717, 1.165) is 0 Å². The third kappa shape index (κ3) is 8.94. The molecule has 0 fully saturated rings. The Kier molecular flexibility index (Phi) is 11.3. The van der Waals surface area contributed by atoms with Crippen molar-refractivity contribution in [3.63, 3.8) is 0 Å². The highest BCUT2D eigenvalue weighted by Gasteiger charge is 2.11. The standard InChI is InChI=1S/C10H12F2.2C10H14/c1-6(2)8-4-5-9(11)7(3)10(8)12;2*1-8(2)10-6-4-9(3)5-7-10/h4-6H,1-3H3;2*4-8H,1-3H3. The molecule has 0 atom stereocenters. The first-order chi connectivity index (χ1) is 14.9. The summed E-state index contributed by atoms with van der Waals surface area (Å²) in [6.07, 6.45) is 0. The Balaban J connectivity index is 0.000000241. The van der Waals surface area contributed by atoms with E-state index in [1.807, 2.05) is 13.8 Å². The van der Waals surface area contributed by atoms with Crippen molar-refractivity contribution in [1.29, 1.82) is 0 Å². The van der Waals surface area contributed by atoms with E-state index in [1.165, 1.54) is 41.3 Å². The van der Waals surface area contributed by atoms with E-state index in [1.54, 1.807) is 0 Å². The fourth-order valence-corrected chi connectivity index (χ4v) is 3.03. The van der Waals surface area contributed by atoms with Gasteiger partial charge in [-0.15, -0.1) is 0 Å². The van der Waals surface area contributed by atoms with Crippen molar-refractivity contribution >= 4 is 0 Å². The molecule has 0 saturated carbocycles. The molecule has 0 unspecified atom stereocenters. The molecule has 0 spiro atoms. The summed E-state index contributed by atoms with van der Waals surface area (Å²) in [6.45, 7) is 18.3. The minimum absolute atomic E-state index is 0.101. The van der Waals surface area contributed by atoms with Crippen LogP contribution in [-0.2, 0) is 0 Å². The van der Waals surface area contributed by atoms with Gasteiger partial charge in [0, 0.05) is 5.56 Å². The molecule has 0 amide bonds. The summed E-state index contributed by atoms with van der Waals surface area (Å²) >= 11 is 0. The molecule has 0 aliphatic rings. The van der Waals surface area contributed by atoms with Crippen LogP contribution in [-0.4, -0.2) is 0 Å². The van der Waals surface area contributed by atoms with E-state index in [0.29, 0.717) is 17.4 Å². The van der Waals surface area contributed by atoms with Crippen molar-refractivity contribution in [2.75, 3.05) is 0 Å². The van der Waals surface area contributed by atoms with Crippen molar-refractivity contribution in [1.82, 2.24) is 0 Å². The van der Waals surface area contributed by atoms with E-state index >= 15 is 0 Å².